The van der Waals surface area contributed by atoms with Crippen LogP contribution in [0.25, 0.3) is 0 Å². The maximum Gasteiger partial charge on any atom is 0.110 e. The third kappa shape index (κ3) is 7.49. The van der Waals surface area contributed by atoms with Gasteiger partial charge < -0.3 is 10.3 Å². The average molecular weight is 332 g/mol. The molecule has 5 heteroatoms. The summed E-state index contributed by atoms with van der Waals surface area (Å²) in [6, 6.07) is 0. The van der Waals surface area contributed by atoms with Crippen LogP contribution < -0.4 is 0 Å². The number of nitrogens with one attached hydrogen (secondary N) is 1. The third-order valence-corrected chi connectivity index (χ3v) is 4.11. The molecule has 1 atom stereocenters. The van der Waals surface area contributed by atoms with E-state index in [1.807, 2.05) is 26.0 Å². The summed E-state index contributed by atoms with van der Waals surface area (Å²) in [4.78, 5) is 10.0. The fraction of sp³-hybridized carbons (Fsp3) is 0.526. The van der Waals surface area contributed by atoms with Gasteiger partial charge in [-0.25, -0.2) is 9.38 Å². The first kappa shape index (κ1) is 20.0. The number of halogens is 1. The molecule has 1 rings (SSSR count). The smallest absolute Gasteiger partial charge is 0.110 e. The molecule has 0 aromatic rings. The van der Waals surface area contributed by atoms with Crippen LogP contribution in [-0.2, 0) is 0 Å². The molecule has 0 aromatic carbocycles. The number of rotatable bonds is 8. The second kappa shape index (κ2) is 11.5. The lowest BCUT2D eigenvalue weighted by Gasteiger charge is -2.32. The summed E-state index contributed by atoms with van der Waals surface area (Å²) in [5.41, 5.74) is 1.08. The maximum atomic E-state index is 13.2. The zero-order chi connectivity index (χ0) is 17.8. The molecule has 1 fully saturated rings. The van der Waals surface area contributed by atoms with E-state index >= 15 is 0 Å². The van der Waals surface area contributed by atoms with Crippen LogP contribution in [0, 0.1) is 17.2 Å². The lowest BCUT2D eigenvalue weighted by molar-refractivity contribution is 0.240. The number of piperidine rings is 1. The highest BCUT2D eigenvalue weighted by Gasteiger charge is 2.16. The largest absolute Gasteiger partial charge is 0.370 e. The Labute approximate surface area is 145 Å². The Hall–Kier alpha value is -2.04. The second-order valence-corrected chi connectivity index (χ2v) is 6.10. The summed E-state index contributed by atoms with van der Waals surface area (Å²) in [6.07, 6.45) is 13.3. The van der Waals surface area contributed by atoms with Crippen LogP contribution in [0.15, 0.2) is 46.3 Å². The van der Waals surface area contributed by atoms with Gasteiger partial charge in [-0.3, -0.25) is 4.99 Å². The molecule has 1 saturated heterocycles. The number of aliphatic imine (C=N–C) groups is 2. The minimum Gasteiger partial charge on any atom is -0.370 e. The van der Waals surface area contributed by atoms with Crippen LogP contribution in [-0.4, -0.2) is 42.8 Å². The Balaban J connectivity index is 2.48. The van der Waals surface area contributed by atoms with Crippen LogP contribution in [0.3, 0.4) is 0 Å². The molecule has 1 heterocycles. The molecular weight excluding hydrogens is 303 g/mol. The standard InChI is InChI=1S/C19H29FN4/c1-4-22-15-23-11-5-6-19(21)17(3)7-8-18(14-20)24-12-9-16(2)10-13-24/h4-8,14-17,21H,9-13H2,1-3H3/b6-5+,8-7-,18-14-,21-19?,22-4-,23-15-. The minimum atomic E-state index is -0.0717. The average Bonchev–Trinajstić information content (AvgIpc) is 2.59. The van der Waals surface area contributed by atoms with Gasteiger partial charge in [-0.15, -0.1) is 0 Å². The fourth-order valence-electron chi connectivity index (χ4n) is 2.38. The van der Waals surface area contributed by atoms with E-state index in [0.29, 0.717) is 30.2 Å². The van der Waals surface area contributed by atoms with Crippen molar-refractivity contribution in [1.82, 2.24) is 4.90 Å². The lowest BCUT2D eigenvalue weighted by atomic mass is 9.98. The fourth-order valence-corrected chi connectivity index (χ4v) is 2.38. The number of nitrogens with zero attached hydrogens (tertiary/aromatic N) is 3. The molecule has 1 unspecified atom stereocenters. The molecule has 1 aliphatic heterocycles. The SMILES string of the molecule is C/C=N\C=N/C/C=C/C(=N)C(C)/C=C\C(=C\F)N1CCC(C)CC1. The third-order valence-electron chi connectivity index (χ3n) is 4.11. The molecule has 0 bridgehead atoms. The molecule has 0 saturated carbocycles. The lowest BCUT2D eigenvalue weighted by Crippen LogP contribution is -2.31. The van der Waals surface area contributed by atoms with Gasteiger partial charge in [-0.05, 0) is 37.8 Å². The first-order valence-electron chi connectivity index (χ1n) is 8.53. The van der Waals surface area contributed by atoms with E-state index < -0.39 is 0 Å². The monoisotopic (exact) mass is 332 g/mol. The van der Waals surface area contributed by atoms with Crippen molar-refractivity contribution in [2.24, 2.45) is 21.8 Å². The summed E-state index contributed by atoms with van der Waals surface area (Å²) in [5.74, 6) is 0.645. The van der Waals surface area contributed by atoms with Gasteiger partial charge in [0.1, 0.15) is 12.7 Å². The molecule has 0 spiro atoms. The normalized spacial score (nSPS) is 19.3. The second-order valence-electron chi connectivity index (χ2n) is 6.10. The predicted octanol–water partition coefficient (Wildman–Crippen LogP) is 4.42. The molecule has 24 heavy (non-hydrogen) atoms. The molecule has 0 aromatic heterocycles. The highest BCUT2D eigenvalue weighted by molar-refractivity contribution is 5.95. The Morgan fingerprint density at radius 2 is 2.04 bits per heavy atom. The molecule has 4 nitrogen and oxygen atoms in total. The van der Waals surface area contributed by atoms with E-state index in [1.54, 1.807) is 18.4 Å². The molecule has 0 amide bonds. The van der Waals surface area contributed by atoms with E-state index in [4.69, 9.17) is 5.41 Å². The summed E-state index contributed by atoms with van der Waals surface area (Å²) < 4.78 is 13.2. The Kier molecular flexibility index (Phi) is 9.58. The number of hydrogen-bond donors (Lipinski definition) is 1. The number of likely N-dealkylation sites (tertiary alicyclic amines) is 1. The van der Waals surface area contributed by atoms with Crippen molar-refractivity contribution in [1.29, 1.82) is 5.41 Å². The first-order valence-corrected chi connectivity index (χ1v) is 8.53. The van der Waals surface area contributed by atoms with Crippen LogP contribution in [0.1, 0.15) is 33.6 Å². The van der Waals surface area contributed by atoms with Crippen LogP contribution in [0.2, 0.25) is 0 Å². The summed E-state index contributed by atoms with van der Waals surface area (Å²) >= 11 is 0. The van der Waals surface area contributed by atoms with Gasteiger partial charge in [0.15, 0.2) is 0 Å². The van der Waals surface area contributed by atoms with Crippen molar-refractivity contribution in [2.75, 3.05) is 19.6 Å². The Bertz CT molecular complexity index is 523. The molecule has 132 valence electrons. The first-order chi connectivity index (χ1) is 11.6. The zero-order valence-electron chi connectivity index (χ0n) is 15.0. The van der Waals surface area contributed by atoms with E-state index in [2.05, 4.69) is 21.8 Å². The summed E-state index contributed by atoms with van der Waals surface area (Å²) in [6.45, 7) is 8.28. The van der Waals surface area contributed by atoms with Crippen LogP contribution in [0.5, 0.6) is 0 Å². The number of hydrogen-bond acceptors (Lipinski definition) is 3. The molecule has 1 aliphatic rings. The van der Waals surface area contributed by atoms with Gasteiger partial charge in [-0.2, -0.15) is 0 Å². The van der Waals surface area contributed by atoms with Gasteiger partial charge in [-0.1, -0.05) is 26.0 Å². The predicted molar refractivity (Wildman–Crippen MR) is 102 cm³/mol. The molecule has 1 N–H and O–H groups in total. The molecule has 0 radical (unpaired) electrons. The van der Waals surface area contributed by atoms with Gasteiger partial charge in [0.05, 0.1) is 12.2 Å². The Morgan fingerprint density at radius 1 is 1.33 bits per heavy atom. The summed E-state index contributed by atoms with van der Waals surface area (Å²) in [7, 11) is 0. The van der Waals surface area contributed by atoms with Gasteiger partial charge >= 0.3 is 0 Å². The van der Waals surface area contributed by atoms with E-state index in [-0.39, 0.29) is 5.92 Å². The molecule has 0 aliphatic carbocycles. The highest BCUT2D eigenvalue weighted by Crippen LogP contribution is 2.21. The van der Waals surface area contributed by atoms with Crippen molar-refractivity contribution in [2.45, 2.75) is 33.6 Å². The quantitative estimate of drug-likeness (QED) is 0.399. The minimum absolute atomic E-state index is 0.0717. The zero-order valence-corrected chi connectivity index (χ0v) is 15.0. The van der Waals surface area contributed by atoms with Crippen molar-refractivity contribution in [3.8, 4) is 0 Å². The number of allylic oxidation sites excluding steroid dienone is 3. The van der Waals surface area contributed by atoms with Gasteiger partial charge in [0, 0.05) is 30.9 Å². The van der Waals surface area contributed by atoms with Gasteiger partial charge in [0.2, 0.25) is 0 Å². The van der Waals surface area contributed by atoms with Crippen molar-refractivity contribution in [3.05, 3.63) is 36.3 Å². The van der Waals surface area contributed by atoms with Crippen LogP contribution in [0.4, 0.5) is 4.39 Å². The summed E-state index contributed by atoms with van der Waals surface area (Å²) in [5, 5.41) is 8.04. The Morgan fingerprint density at radius 3 is 2.67 bits per heavy atom. The maximum absolute atomic E-state index is 13.2. The van der Waals surface area contributed by atoms with E-state index in [9.17, 15) is 4.39 Å². The topological polar surface area (TPSA) is 51.8 Å². The molecular formula is C19H29FN4. The van der Waals surface area contributed by atoms with Crippen molar-refractivity contribution in [3.63, 3.8) is 0 Å². The van der Waals surface area contributed by atoms with Crippen LogP contribution >= 0.6 is 0 Å². The van der Waals surface area contributed by atoms with Crippen molar-refractivity contribution >= 4 is 18.3 Å². The van der Waals surface area contributed by atoms with Crippen molar-refractivity contribution < 1.29 is 4.39 Å². The highest BCUT2D eigenvalue weighted by atomic mass is 19.1. The van der Waals surface area contributed by atoms with E-state index in [0.717, 1.165) is 25.9 Å². The van der Waals surface area contributed by atoms with E-state index in [1.165, 1.54) is 6.34 Å². The van der Waals surface area contributed by atoms with Gasteiger partial charge in [0.25, 0.3) is 0 Å².